The van der Waals surface area contributed by atoms with E-state index >= 15 is 0 Å². The molecule has 186 valence electrons. The van der Waals surface area contributed by atoms with Gasteiger partial charge in [0.1, 0.15) is 12.6 Å². The molecular formula is C26H31N3O6. The van der Waals surface area contributed by atoms with E-state index in [1.165, 1.54) is 7.11 Å². The summed E-state index contributed by atoms with van der Waals surface area (Å²) in [6.07, 6.45) is -1.25. The van der Waals surface area contributed by atoms with E-state index in [1.807, 2.05) is 36.4 Å². The van der Waals surface area contributed by atoms with E-state index < -0.39 is 24.2 Å². The number of fused-ring (bicyclic) bond motifs is 3. The van der Waals surface area contributed by atoms with Crippen LogP contribution < -0.4 is 5.32 Å². The van der Waals surface area contributed by atoms with Crippen molar-refractivity contribution >= 4 is 18.0 Å². The number of hydrogen-bond donors (Lipinski definition) is 2. The first-order valence-corrected chi connectivity index (χ1v) is 11.8. The first-order valence-electron chi connectivity index (χ1n) is 11.8. The Labute approximate surface area is 204 Å². The van der Waals surface area contributed by atoms with Gasteiger partial charge in [0.25, 0.3) is 0 Å². The maximum atomic E-state index is 13.2. The lowest BCUT2D eigenvalue weighted by Gasteiger charge is -2.36. The number of nitrogens with zero attached hydrogens (tertiary/aromatic N) is 2. The van der Waals surface area contributed by atoms with Gasteiger partial charge in [0.15, 0.2) is 0 Å². The van der Waals surface area contributed by atoms with Gasteiger partial charge >= 0.3 is 12.1 Å². The van der Waals surface area contributed by atoms with Crippen LogP contribution in [-0.2, 0) is 19.1 Å². The first-order chi connectivity index (χ1) is 16.9. The lowest BCUT2D eigenvalue weighted by Crippen LogP contribution is -2.58. The number of alkyl carbamates (subject to hydrolysis) is 1. The molecule has 35 heavy (non-hydrogen) atoms. The Bertz CT molecular complexity index is 1040. The summed E-state index contributed by atoms with van der Waals surface area (Å²) >= 11 is 0. The van der Waals surface area contributed by atoms with E-state index in [9.17, 15) is 14.4 Å². The zero-order valence-electron chi connectivity index (χ0n) is 20.0. The van der Waals surface area contributed by atoms with Crippen molar-refractivity contribution in [1.29, 1.82) is 0 Å². The topological polar surface area (TPSA) is 108 Å². The molecule has 2 aromatic carbocycles. The molecule has 1 aliphatic heterocycles. The summed E-state index contributed by atoms with van der Waals surface area (Å²) in [6.45, 7) is 3.48. The largest absolute Gasteiger partial charge is 0.480 e. The van der Waals surface area contributed by atoms with Crippen molar-refractivity contribution in [2.45, 2.75) is 25.0 Å². The van der Waals surface area contributed by atoms with E-state index in [1.54, 1.807) is 16.7 Å². The summed E-state index contributed by atoms with van der Waals surface area (Å²) in [5, 5.41) is 11.7. The van der Waals surface area contributed by atoms with E-state index in [0.29, 0.717) is 26.2 Å². The van der Waals surface area contributed by atoms with Crippen molar-refractivity contribution in [3.05, 3.63) is 59.7 Å². The van der Waals surface area contributed by atoms with Gasteiger partial charge in [0.2, 0.25) is 5.91 Å². The number of carboxylic acids is 1. The number of hydrogen-bond acceptors (Lipinski definition) is 6. The van der Waals surface area contributed by atoms with Crippen LogP contribution >= 0.6 is 0 Å². The number of nitrogens with one attached hydrogen (secondary N) is 1. The fourth-order valence-corrected chi connectivity index (χ4v) is 4.80. The van der Waals surface area contributed by atoms with Gasteiger partial charge in [-0.3, -0.25) is 14.5 Å². The van der Waals surface area contributed by atoms with Crippen LogP contribution in [0.25, 0.3) is 11.1 Å². The SMILES string of the molecule is COC(C)C(NC(=O)OCC1c2ccccc2-c2ccccc21)C(=O)N1CCN(CC(=O)O)CC1. The molecule has 2 aliphatic rings. The summed E-state index contributed by atoms with van der Waals surface area (Å²) in [5.41, 5.74) is 4.50. The first kappa shape index (κ1) is 24.7. The molecule has 0 radical (unpaired) electrons. The minimum atomic E-state index is -0.915. The van der Waals surface area contributed by atoms with Crippen molar-refractivity contribution in [3.8, 4) is 11.1 Å². The van der Waals surface area contributed by atoms with Gasteiger partial charge in [0, 0.05) is 39.2 Å². The number of rotatable bonds is 8. The lowest BCUT2D eigenvalue weighted by atomic mass is 9.98. The van der Waals surface area contributed by atoms with Crippen LogP contribution in [0.2, 0.25) is 0 Å². The lowest BCUT2D eigenvalue weighted by molar-refractivity contribution is -0.140. The van der Waals surface area contributed by atoms with Gasteiger partial charge in [-0.05, 0) is 29.2 Å². The summed E-state index contributed by atoms with van der Waals surface area (Å²) < 4.78 is 11.0. The molecular weight excluding hydrogens is 450 g/mol. The molecule has 2 aromatic rings. The average molecular weight is 482 g/mol. The molecule has 1 fully saturated rings. The van der Waals surface area contributed by atoms with Gasteiger partial charge < -0.3 is 24.8 Å². The molecule has 0 bridgehead atoms. The average Bonchev–Trinajstić information content (AvgIpc) is 3.19. The predicted octanol–water partition coefficient (Wildman–Crippen LogP) is 2.16. The number of piperazine rings is 1. The molecule has 2 amide bonds. The van der Waals surface area contributed by atoms with Crippen LogP contribution in [0.3, 0.4) is 0 Å². The molecule has 9 nitrogen and oxygen atoms in total. The molecule has 0 aromatic heterocycles. The second-order valence-corrected chi connectivity index (χ2v) is 8.88. The zero-order chi connectivity index (χ0) is 24.9. The fourth-order valence-electron chi connectivity index (χ4n) is 4.80. The van der Waals surface area contributed by atoms with Crippen molar-refractivity contribution < 1.29 is 29.0 Å². The van der Waals surface area contributed by atoms with Crippen molar-refractivity contribution in [2.24, 2.45) is 0 Å². The number of carbonyl (C=O) groups excluding carboxylic acids is 2. The molecule has 1 aliphatic carbocycles. The molecule has 2 unspecified atom stereocenters. The highest BCUT2D eigenvalue weighted by Crippen LogP contribution is 2.44. The number of amides is 2. The number of carboxylic acid groups (broad SMARTS) is 1. The Kier molecular flexibility index (Phi) is 7.67. The number of benzene rings is 2. The zero-order valence-corrected chi connectivity index (χ0v) is 20.0. The normalized spacial score (nSPS) is 17.3. The smallest absolute Gasteiger partial charge is 0.407 e. The van der Waals surface area contributed by atoms with Crippen LogP contribution in [0.4, 0.5) is 4.79 Å². The van der Waals surface area contributed by atoms with Gasteiger partial charge in [-0.25, -0.2) is 4.79 Å². The minimum absolute atomic E-state index is 0.0576. The molecule has 4 rings (SSSR count). The Hall–Kier alpha value is -3.43. The molecule has 1 saturated heterocycles. The van der Waals surface area contributed by atoms with Crippen LogP contribution in [0.1, 0.15) is 24.0 Å². The van der Waals surface area contributed by atoms with Crippen LogP contribution in [0.5, 0.6) is 0 Å². The minimum Gasteiger partial charge on any atom is -0.480 e. The summed E-state index contributed by atoms with van der Waals surface area (Å²) in [5.74, 6) is -1.25. The van der Waals surface area contributed by atoms with Crippen LogP contribution in [0, 0.1) is 0 Å². The Morgan fingerprint density at radius 1 is 1.00 bits per heavy atom. The predicted molar refractivity (Wildman–Crippen MR) is 129 cm³/mol. The summed E-state index contributed by atoms with van der Waals surface area (Å²) in [6, 6.07) is 15.3. The highest BCUT2D eigenvalue weighted by molar-refractivity contribution is 5.86. The third kappa shape index (κ3) is 5.47. The standard InChI is InChI=1S/C26H31N3O6/c1-17(34-2)24(25(32)29-13-11-28(12-14-29)15-23(30)31)27-26(33)35-16-22-20-9-5-3-7-18(20)19-8-4-6-10-21(19)22/h3-10,17,22,24H,11-16H2,1-2H3,(H,27,33)(H,30,31). The molecule has 1 heterocycles. The molecule has 2 atom stereocenters. The van der Waals surface area contributed by atoms with Crippen LogP contribution in [-0.4, -0.2) is 91.5 Å². The highest BCUT2D eigenvalue weighted by Gasteiger charge is 2.34. The number of ether oxygens (including phenoxy) is 2. The Morgan fingerprint density at radius 3 is 2.11 bits per heavy atom. The number of methoxy groups -OCH3 is 1. The summed E-state index contributed by atoms with van der Waals surface area (Å²) in [7, 11) is 1.48. The third-order valence-corrected chi connectivity index (χ3v) is 6.77. The molecule has 2 N–H and O–H groups in total. The number of carbonyl (C=O) groups is 3. The van der Waals surface area contributed by atoms with Crippen molar-refractivity contribution in [3.63, 3.8) is 0 Å². The van der Waals surface area contributed by atoms with Gasteiger partial charge in [-0.1, -0.05) is 48.5 Å². The van der Waals surface area contributed by atoms with Crippen LogP contribution in [0.15, 0.2) is 48.5 Å². The van der Waals surface area contributed by atoms with E-state index in [4.69, 9.17) is 14.6 Å². The van der Waals surface area contributed by atoms with Crippen molar-refractivity contribution in [1.82, 2.24) is 15.1 Å². The Balaban J connectivity index is 1.38. The molecule has 9 heteroatoms. The van der Waals surface area contributed by atoms with E-state index in [0.717, 1.165) is 22.3 Å². The van der Waals surface area contributed by atoms with E-state index in [-0.39, 0.29) is 25.0 Å². The van der Waals surface area contributed by atoms with Gasteiger partial charge in [-0.15, -0.1) is 0 Å². The van der Waals surface area contributed by atoms with Crippen molar-refractivity contribution in [2.75, 3.05) is 46.4 Å². The maximum absolute atomic E-state index is 13.2. The second-order valence-electron chi connectivity index (χ2n) is 8.88. The third-order valence-electron chi connectivity index (χ3n) is 6.77. The monoisotopic (exact) mass is 481 g/mol. The number of aliphatic carboxylic acids is 1. The Morgan fingerprint density at radius 2 is 1.57 bits per heavy atom. The quantitative estimate of drug-likeness (QED) is 0.595. The summed E-state index contributed by atoms with van der Waals surface area (Å²) in [4.78, 5) is 40.3. The second kappa shape index (κ2) is 10.9. The van der Waals surface area contributed by atoms with Gasteiger partial charge in [0.05, 0.1) is 12.6 Å². The molecule has 0 saturated carbocycles. The van der Waals surface area contributed by atoms with E-state index in [2.05, 4.69) is 17.4 Å². The highest BCUT2D eigenvalue weighted by atomic mass is 16.5. The maximum Gasteiger partial charge on any atom is 0.407 e. The molecule has 0 spiro atoms. The van der Waals surface area contributed by atoms with Gasteiger partial charge in [-0.2, -0.15) is 0 Å². The fraction of sp³-hybridized carbons (Fsp3) is 0.423.